The number of ether oxygens (including phenoxy) is 1. The molecule has 0 unspecified atom stereocenters. The van der Waals surface area contributed by atoms with E-state index in [0.717, 1.165) is 16.9 Å². The predicted octanol–water partition coefficient (Wildman–Crippen LogP) is 3.34. The van der Waals surface area contributed by atoms with Gasteiger partial charge in [-0.2, -0.15) is 4.98 Å². The van der Waals surface area contributed by atoms with Gasteiger partial charge in [0.25, 0.3) is 5.56 Å². The fourth-order valence-electron chi connectivity index (χ4n) is 3.37. The molecule has 0 amide bonds. The maximum Gasteiger partial charge on any atom is 0.281 e. The molecule has 4 aromatic rings. The third kappa shape index (κ3) is 4.27. The van der Waals surface area contributed by atoms with Gasteiger partial charge in [-0.05, 0) is 54.8 Å². The summed E-state index contributed by atoms with van der Waals surface area (Å²) >= 11 is 6.34. The number of pyridine rings is 1. The summed E-state index contributed by atoms with van der Waals surface area (Å²) < 4.78 is 35.1. The van der Waals surface area contributed by atoms with Crippen LogP contribution in [0, 0.1) is 6.92 Å². The van der Waals surface area contributed by atoms with Gasteiger partial charge in [-0.1, -0.05) is 29.8 Å². The number of halogens is 1. The molecule has 1 N–H and O–H groups in total. The summed E-state index contributed by atoms with van der Waals surface area (Å²) in [7, 11) is -2.34. The molecule has 0 spiro atoms. The zero-order valence-corrected chi connectivity index (χ0v) is 18.5. The van der Waals surface area contributed by atoms with Crippen LogP contribution in [0.4, 0.5) is 0 Å². The number of rotatable bonds is 6. The van der Waals surface area contributed by atoms with E-state index in [0.29, 0.717) is 17.6 Å². The Hall–Kier alpha value is -2.94. The summed E-state index contributed by atoms with van der Waals surface area (Å²) in [6, 6.07) is 13.7. The number of fused-ring (bicyclic) bond motifs is 3. The van der Waals surface area contributed by atoms with E-state index in [2.05, 4.69) is 9.71 Å². The number of hydrogen-bond acceptors (Lipinski definition) is 5. The molecule has 0 fully saturated rings. The molecule has 0 aliphatic rings. The SMILES string of the molecule is COc1ccc(CCNS(=O)(=O)c2cc3c(=O)nc4ccc(C)cn4c3cc2Cl)cc1. The van der Waals surface area contributed by atoms with Crippen LogP contribution < -0.4 is 15.0 Å². The van der Waals surface area contributed by atoms with E-state index in [1.807, 2.05) is 43.5 Å². The van der Waals surface area contributed by atoms with Crippen molar-refractivity contribution in [2.75, 3.05) is 13.7 Å². The minimum Gasteiger partial charge on any atom is -0.497 e. The van der Waals surface area contributed by atoms with Gasteiger partial charge in [-0.3, -0.25) is 4.79 Å². The maximum absolute atomic E-state index is 12.9. The molecule has 9 heteroatoms. The number of aromatic nitrogens is 2. The second-order valence-electron chi connectivity index (χ2n) is 7.15. The van der Waals surface area contributed by atoms with Gasteiger partial charge >= 0.3 is 0 Å². The predicted molar refractivity (Wildman–Crippen MR) is 121 cm³/mol. The molecular formula is C22H20ClN3O4S. The molecule has 0 atom stereocenters. The molecule has 4 rings (SSSR count). The van der Waals surface area contributed by atoms with Gasteiger partial charge in [-0.15, -0.1) is 0 Å². The zero-order chi connectivity index (χ0) is 22.2. The van der Waals surface area contributed by atoms with Gasteiger partial charge in [-0.25, -0.2) is 13.1 Å². The fourth-order valence-corrected chi connectivity index (χ4v) is 4.94. The van der Waals surface area contributed by atoms with Gasteiger partial charge in [0.1, 0.15) is 16.3 Å². The van der Waals surface area contributed by atoms with Crippen LogP contribution in [-0.4, -0.2) is 31.5 Å². The van der Waals surface area contributed by atoms with E-state index >= 15 is 0 Å². The molecular weight excluding hydrogens is 438 g/mol. The molecule has 0 aliphatic carbocycles. The summed E-state index contributed by atoms with van der Waals surface area (Å²) in [5, 5.41) is 0.216. The average molecular weight is 458 g/mol. The van der Waals surface area contributed by atoms with E-state index < -0.39 is 15.6 Å². The van der Waals surface area contributed by atoms with Crippen molar-refractivity contribution in [2.24, 2.45) is 0 Å². The van der Waals surface area contributed by atoms with Crippen LogP contribution in [0.5, 0.6) is 5.75 Å². The molecule has 7 nitrogen and oxygen atoms in total. The minimum atomic E-state index is -3.93. The van der Waals surface area contributed by atoms with Crippen molar-refractivity contribution >= 4 is 38.2 Å². The lowest BCUT2D eigenvalue weighted by Crippen LogP contribution is -2.26. The van der Waals surface area contributed by atoms with Gasteiger partial charge in [0.2, 0.25) is 10.0 Å². The number of aryl methyl sites for hydroxylation is 1. The lowest BCUT2D eigenvalue weighted by atomic mass is 10.1. The Morgan fingerprint density at radius 3 is 2.58 bits per heavy atom. The van der Waals surface area contributed by atoms with Crippen molar-refractivity contribution in [3.63, 3.8) is 0 Å². The minimum absolute atomic E-state index is 0.0327. The quantitative estimate of drug-likeness (QED) is 0.448. The first-order valence-corrected chi connectivity index (χ1v) is 11.4. The summed E-state index contributed by atoms with van der Waals surface area (Å²) in [4.78, 5) is 16.4. The Kier molecular flexibility index (Phi) is 5.70. The first-order valence-electron chi connectivity index (χ1n) is 9.53. The first kappa shape index (κ1) is 21.3. The highest BCUT2D eigenvalue weighted by molar-refractivity contribution is 7.89. The largest absolute Gasteiger partial charge is 0.497 e. The maximum atomic E-state index is 12.9. The van der Waals surface area contributed by atoms with Crippen LogP contribution >= 0.6 is 11.6 Å². The Morgan fingerprint density at radius 1 is 1.13 bits per heavy atom. The van der Waals surface area contributed by atoms with E-state index in [9.17, 15) is 13.2 Å². The number of benzene rings is 2. The lowest BCUT2D eigenvalue weighted by molar-refractivity contribution is 0.414. The highest BCUT2D eigenvalue weighted by atomic mass is 35.5. The van der Waals surface area contributed by atoms with Crippen LogP contribution in [0.1, 0.15) is 11.1 Å². The van der Waals surface area contributed by atoms with Crippen molar-refractivity contribution in [1.82, 2.24) is 14.1 Å². The lowest BCUT2D eigenvalue weighted by Gasteiger charge is -2.12. The van der Waals surface area contributed by atoms with E-state index in [1.54, 1.807) is 17.6 Å². The normalized spacial score (nSPS) is 11.8. The standard InChI is InChI=1S/C22H20ClN3O4S/c1-14-3-8-21-25-22(27)17-11-20(18(23)12-19(17)26(21)13-14)31(28,29)24-10-9-15-4-6-16(30-2)7-5-15/h3-8,11-13,24H,9-10H2,1-2H3. The monoisotopic (exact) mass is 457 g/mol. The van der Waals surface area contributed by atoms with E-state index in [4.69, 9.17) is 16.3 Å². The molecule has 2 heterocycles. The van der Waals surface area contributed by atoms with Crippen molar-refractivity contribution in [1.29, 1.82) is 0 Å². The van der Waals surface area contributed by atoms with Crippen LogP contribution in [-0.2, 0) is 16.4 Å². The highest BCUT2D eigenvalue weighted by Crippen LogP contribution is 2.26. The number of nitrogens with zero attached hydrogens (tertiary/aromatic N) is 2. The van der Waals surface area contributed by atoms with Crippen LogP contribution in [0.3, 0.4) is 0 Å². The van der Waals surface area contributed by atoms with Gasteiger partial charge in [0.05, 0.1) is 23.0 Å². The number of methoxy groups -OCH3 is 1. The smallest absolute Gasteiger partial charge is 0.281 e. The molecule has 0 saturated carbocycles. The van der Waals surface area contributed by atoms with Gasteiger partial charge in [0.15, 0.2) is 0 Å². The molecule has 0 radical (unpaired) electrons. The fraction of sp³-hybridized carbons (Fsp3) is 0.182. The van der Waals surface area contributed by atoms with Crippen LogP contribution in [0.2, 0.25) is 5.02 Å². The molecule has 0 aliphatic heterocycles. The van der Waals surface area contributed by atoms with Crippen molar-refractivity contribution in [3.05, 3.63) is 81.2 Å². The van der Waals surface area contributed by atoms with Gasteiger partial charge < -0.3 is 9.14 Å². The zero-order valence-electron chi connectivity index (χ0n) is 16.9. The Morgan fingerprint density at radius 2 is 1.87 bits per heavy atom. The Balaban J connectivity index is 1.65. The van der Waals surface area contributed by atoms with Crippen LogP contribution in [0.15, 0.2) is 64.4 Å². The third-order valence-electron chi connectivity index (χ3n) is 4.99. The summed E-state index contributed by atoms with van der Waals surface area (Å²) in [5.41, 5.74) is 2.38. The summed E-state index contributed by atoms with van der Waals surface area (Å²) in [5.74, 6) is 0.731. The number of sulfonamides is 1. The van der Waals surface area contributed by atoms with E-state index in [1.165, 1.54) is 12.1 Å². The topological polar surface area (TPSA) is 89.8 Å². The second-order valence-corrected chi connectivity index (χ2v) is 9.29. The Labute approximate surface area is 184 Å². The molecule has 0 saturated heterocycles. The second kappa shape index (κ2) is 8.30. The highest BCUT2D eigenvalue weighted by Gasteiger charge is 2.20. The van der Waals surface area contributed by atoms with Crippen LogP contribution in [0.25, 0.3) is 16.6 Å². The average Bonchev–Trinajstić information content (AvgIpc) is 2.74. The molecule has 160 valence electrons. The first-order chi connectivity index (χ1) is 14.8. The molecule has 0 bridgehead atoms. The summed E-state index contributed by atoms with van der Waals surface area (Å²) in [6.07, 6.45) is 2.31. The van der Waals surface area contributed by atoms with E-state index in [-0.39, 0.29) is 21.8 Å². The van der Waals surface area contributed by atoms with Crippen molar-refractivity contribution in [2.45, 2.75) is 18.2 Å². The number of nitrogens with one attached hydrogen (secondary N) is 1. The molecule has 31 heavy (non-hydrogen) atoms. The van der Waals surface area contributed by atoms with Crippen molar-refractivity contribution in [3.8, 4) is 5.75 Å². The summed E-state index contributed by atoms with van der Waals surface area (Å²) in [6.45, 7) is 2.09. The molecule has 2 aromatic carbocycles. The molecule has 2 aromatic heterocycles. The van der Waals surface area contributed by atoms with Crippen molar-refractivity contribution < 1.29 is 13.2 Å². The Bertz CT molecular complexity index is 1450. The third-order valence-corrected chi connectivity index (χ3v) is 6.91. The van der Waals surface area contributed by atoms with Gasteiger partial charge in [0, 0.05) is 12.7 Å². The number of hydrogen-bond donors (Lipinski definition) is 1.